The van der Waals surface area contributed by atoms with E-state index >= 15 is 0 Å². The van der Waals surface area contributed by atoms with Gasteiger partial charge in [0, 0.05) is 12.1 Å². The number of primary amides is 2. The van der Waals surface area contributed by atoms with Crippen LogP contribution in [0.4, 0.5) is 17.6 Å². The number of aromatic nitrogens is 4. The minimum Gasteiger partial charge on any atom is -0.494 e. The van der Waals surface area contributed by atoms with E-state index in [0.29, 0.717) is 23.2 Å². The number of nitrogens with two attached hydrogens (primary N) is 4. The van der Waals surface area contributed by atoms with E-state index in [1.807, 2.05) is 10.9 Å². The Balaban J connectivity index is 0.000000232. The van der Waals surface area contributed by atoms with Gasteiger partial charge in [-0.3, -0.25) is 30.0 Å². The molecular formula is C32H27ClF4N10O6. The summed E-state index contributed by atoms with van der Waals surface area (Å²) in [5, 5.41) is 0. The summed E-state index contributed by atoms with van der Waals surface area (Å²) in [4.78, 5) is 60.8. The Morgan fingerprint density at radius 3 is 1.28 bits per heavy atom. The van der Waals surface area contributed by atoms with E-state index in [1.54, 1.807) is 0 Å². The molecule has 4 aromatic carbocycles. The highest BCUT2D eigenvalue weighted by Gasteiger charge is 2.25. The molecule has 53 heavy (non-hydrogen) atoms. The van der Waals surface area contributed by atoms with Crippen LogP contribution in [0.5, 0.6) is 11.5 Å². The van der Waals surface area contributed by atoms with Crippen molar-refractivity contribution in [2.24, 2.45) is 23.2 Å². The molecule has 4 amide bonds. The number of fused-ring (bicyclic) bond motifs is 2. The van der Waals surface area contributed by atoms with Gasteiger partial charge in [0.05, 0.1) is 58.6 Å². The number of benzene rings is 4. The fraction of sp³-hybridized carbons (Fsp3) is 0.0625. The first-order chi connectivity index (χ1) is 24.7. The van der Waals surface area contributed by atoms with Crippen molar-refractivity contribution in [2.45, 2.75) is 0 Å². The average Bonchev–Trinajstić information content (AvgIpc) is 3.73. The van der Waals surface area contributed by atoms with Gasteiger partial charge in [0.25, 0.3) is 23.6 Å². The Bertz CT molecular complexity index is 2270. The number of carbonyl (C=O) groups excluding carboxylic acids is 4. The van der Waals surface area contributed by atoms with Gasteiger partial charge in [-0.2, -0.15) is 0 Å². The summed E-state index contributed by atoms with van der Waals surface area (Å²) in [5.41, 5.74) is 14.3. The maximum absolute atomic E-state index is 14.4. The fourth-order valence-electron chi connectivity index (χ4n) is 5.28. The third-order valence-electron chi connectivity index (χ3n) is 7.49. The Morgan fingerprint density at radius 1 is 0.623 bits per heavy atom. The summed E-state index contributed by atoms with van der Waals surface area (Å²) in [7, 11) is 2.64. The van der Waals surface area contributed by atoms with E-state index in [-0.39, 0.29) is 80.0 Å². The summed E-state index contributed by atoms with van der Waals surface area (Å²) in [6.45, 7) is 0. The number of aromatic amines is 2. The minimum atomic E-state index is -1.02. The molecule has 0 saturated carbocycles. The number of hydrogen-bond donors (Lipinski definition) is 8. The molecule has 0 fully saturated rings. The van der Waals surface area contributed by atoms with Crippen LogP contribution >= 0.6 is 12.4 Å². The van der Waals surface area contributed by atoms with Crippen LogP contribution in [0.1, 0.15) is 41.4 Å². The molecule has 0 spiro atoms. The number of nitrogens with zero attached hydrogens (tertiary/aromatic N) is 2. The predicted molar refractivity (Wildman–Crippen MR) is 184 cm³/mol. The number of amides is 4. The molecule has 0 bridgehead atoms. The average molecular weight is 759 g/mol. The second-order valence-electron chi connectivity index (χ2n) is 10.6. The zero-order chi connectivity index (χ0) is 38.0. The number of carbonyl (C=O) groups is 4. The van der Waals surface area contributed by atoms with Crippen molar-refractivity contribution in [3.8, 4) is 34.3 Å². The van der Waals surface area contributed by atoms with E-state index in [0.717, 1.165) is 12.1 Å². The minimum absolute atomic E-state index is 0. The normalized spacial score (nSPS) is 10.6. The van der Waals surface area contributed by atoms with Crippen molar-refractivity contribution >= 4 is 58.1 Å². The Morgan fingerprint density at radius 2 is 0.981 bits per heavy atom. The molecule has 0 atom stereocenters. The van der Waals surface area contributed by atoms with Crippen LogP contribution in [-0.4, -0.2) is 57.8 Å². The Labute approximate surface area is 300 Å². The number of hydrogen-bond acceptors (Lipinski definition) is 10. The van der Waals surface area contributed by atoms with E-state index in [2.05, 4.69) is 19.9 Å². The molecular weight excluding hydrogens is 732 g/mol. The zero-order valence-corrected chi connectivity index (χ0v) is 28.0. The van der Waals surface area contributed by atoms with Crippen LogP contribution in [0.15, 0.2) is 48.5 Å². The Kier molecular flexibility index (Phi) is 11.5. The second-order valence-corrected chi connectivity index (χ2v) is 10.6. The number of rotatable bonds is 8. The number of imidazole rings is 2. The molecule has 0 unspecified atom stereocenters. The number of H-pyrrole nitrogens is 2. The lowest BCUT2D eigenvalue weighted by Gasteiger charge is -2.07. The SMILES string of the molecule is COc1c(C(N)=O)ccc2[nH]c(-c3c(F)cc(F)cc3C(=O)NN)nc12.COc1c(C(N)=O)ccc2[nH]c(-c3c(F)cc(F)cc3C(=O)NN)nc12.Cl. The third-order valence-corrected chi connectivity index (χ3v) is 7.49. The van der Waals surface area contributed by atoms with Gasteiger partial charge in [0.15, 0.2) is 11.5 Å². The molecule has 0 radical (unpaired) electrons. The highest BCUT2D eigenvalue weighted by molar-refractivity contribution is 6.05. The molecule has 276 valence electrons. The van der Waals surface area contributed by atoms with Gasteiger partial charge >= 0.3 is 0 Å². The Hall–Kier alpha value is -6.77. The van der Waals surface area contributed by atoms with Crippen LogP contribution in [0.25, 0.3) is 44.8 Å². The van der Waals surface area contributed by atoms with E-state index in [9.17, 15) is 36.7 Å². The molecule has 0 aliphatic rings. The molecule has 12 N–H and O–H groups in total. The molecule has 2 heterocycles. The third kappa shape index (κ3) is 7.35. The maximum Gasteiger partial charge on any atom is 0.266 e. The van der Waals surface area contributed by atoms with Crippen molar-refractivity contribution in [1.29, 1.82) is 0 Å². The highest BCUT2D eigenvalue weighted by Crippen LogP contribution is 2.35. The largest absolute Gasteiger partial charge is 0.494 e. The summed E-state index contributed by atoms with van der Waals surface area (Å²) < 4.78 is 66.2. The first-order valence-corrected chi connectivity index (χ1v) is 14.5. The van der Waals surface area contributed by atoms with Crippen molar-refractivity contribution in [3.05, 3.63) is 94.1 Å². The highest BCUT2D eigenvalue weighted by atomic mass is 35.5. The lowest BCUT2D eigenvalue weighted by atomic mass is 10.1. The number of hydrazine groups is 2. The summed E-state index contributed by atoms with van der Waals surface area (Å²) in [5.74, 6) is 2.99. The number of methoxy groups -OCH3 is 2. The fourth-order valence-corrected chi connectivity index (χ4v) is 5.28. The van der Waals surface area contributed by atoms with Crippen LogP contribution in [0.2, 0.25) is 0 Å². The lowest BCUT2D eigenvalue weighted by molar-refractivity contribution is 0.0945. The number of halogens is 5. The van der Waals surface area contributed by atoms with Crippen LogP contribution in [-0.2, 0) is 0 Å². The van der Waals surface area contributed by atoms with Crippen LogP contribution < -0.4 is 43.5 Å². The smallest absolute Gasteiger partial charge is 0.266 e. The van der Waals surface area contributed by atoms with Gasteiger partial charge in [-0.25, -0.2) is 39.2 Å². The molecule has 16 nitrogen and oxygen atoms in total. The van der Waals surface area contributed by atoms with Gasteiger partial charge < -0.3 is 30.9 Å². The van der Waals surface area contributed by atoms with Gasteiger partial charge in [-0.15, -0.1) is 12.4 Å². The number of nitrogen functional groups attached to an aromatic ring is 2. The molecule has 0 saturated heterocycles. The van der Waals surface area contributed by atoms with Gasteiger partial charge in [0.1, 0.15) is 46.0 Å². The second kappa shape index (κ2) is 15.6. The molecule has 2 aromatic heterocycles. The van der Waals surface area contributed by atoms with Crippen molar-refractivity contribution in [3.63, 3.8) is 0 Å². The van der Waals surface area contributed by atoms with Gasteiger partial charge in [-0.05, 0) is 36.4 Å². The van der Waals surface area contributed by atoms with Gasteiger partial charge in [0.2, 0.25) is 0 Å². The number of nitrogens with one attached hydrogen (secondary N) is 4. The lowest BCUT2D eigenvalue weighted by Crippen LogP contribution is -2.30. The topological polar surface area (TPSA) is 272 Å². The molecule has 0 aliphatic heterocycles. The van der Waals surface area contributed by atoms with Crippen LogP contribution in [0.3, 0.4) is 0 Å². The molecule has 6 aromatic rings. The quantitative estimate of drug-likeness (QED) is 0.0487. The maximum atomic E-state index is 14.4. The van der Waals surface area contributed by atoms with Crippen LogP contribution in [0, 0.1) is 23.3 Å². The van der Waals surface area contributed by atoms with E-state index in [1.165, 1.54) is 38.5 Å². The first-order valence-electron chi connectivity index (χ1n) is 14.5. The molecule has 0 aliphatic carbocycles. The first kappa shape index (κ1) is 39.0. The number of ether oxygens (including phenoxy) is 2. The van der Waals surface area contributed by atoms with Crippen molar-refractivity contribution in [1.82, 2.24) is 30.8 Å². The summed E-state index contributed by atoms with van der Waals surface area (Å²) in [6, 6.07) is 8.72. The summed E-state index contributed by atoms with van der Waals surface area (Å²) >= 11 is 0. The van der Waals surface area contributed by atoms with E-state index in [4.69, 9.17) is 32.6 Å². The monoisotopic (exact) mass is 758 g/mol. The molecule has 21 heteroatoms. The summed E-state index contributed by atoms with van der Waals surface area (Å²) in [6.07, 6.45) is 0. The predicted octanol–water partition coefficient (Wildman–Crippen LogP) is 2.86. The van der Waals surface area contributed by atoms with Gasteiger partial charge in [-0.1, -0.05) is 0 Å². The zero-order valence-electron chi connectivity index (χ0n) is 27.2. The van der Waals surface area contributed by atoms with Crippen molar-refractivity contribution < 1.29 is 46.2 Å². The standard InChI is InChI=1S/2C16H13F2N5O3.ClH/c2*1-26-13-7(14(19)24)2-3-10-12(13)22-15(21-10)11-8(16(25)23-20)4-6(17)5-9(11)18;/h2*2-5H,20H2,1H3,(H2,19,24)(H,21,22)(H,23,25);1H. The van der Waals surface area contributed by atoms with Crippen molar-refractivity contribution in [2.75, 3.05) is 14.2 Å². The molecule has 6 rings (SSSR count). The van der Waals surface area contributed by atoms with E-state index < -0.39 is 46.9 Å².